The first-order chi connectivity index (χ1) is 42.8. The maximum atomic E-state index is 2.70. The Kier molecular flexibility index (Phi) is 13.2. The van der Waals surface area contributed by atoms with Gasteiger partial charge >= 0.3 is 0 Å². The van der Waals surface area contributed by atoms with Crippen LogP contribution < -0.4 is 9.80 Å². The number of anilines is 5. The van der Waals surface area contributed by atoms with Crippen molar-refractivity contribution in [2.24, 2.45) is 5.92 Å². The highest BCUT2D eigenvalue weighted by Gasteiger charge is 2.47. The van der Waals surface area contributed by atoms with E-state index >= 15 is 0 Å². The molecule has 1 unspecified atom stereocenters. The minimum atomic E-state index is -0.118. The van der Waals surface area contributed by atoms with E-state index in [2.05, 4.69) is 265 Å². The largest absolute Gasteiger partial charge is 0.310 e. The van der Waals surface area contributed by atoms with Crippen LogP contribution in [0.5, 0.6) is 0 Å². The third-order valence-corrected chi connectivity index (χ3v) is 22.4. The van der Waals surface area contributed by atoms with Crippen LogP contribution in [0.15, 0.2) is 211 Å². The first-order valence-corrected chi connectivity index (χ1v) is 33.3. The molecule has 0 N–H and O–H groups in total. The minimum Gasteiger partial charge on any atom is -0.310 e. The van der Waals surface area contributed by atoms with Gasteiger partial charge < -0.3 is 9.80 Å². The molecular formula is C86H82N2. The van der Waals surface area contributed by atoms with Gasteiger partial charge in [0.05, 0.1) is 11.4 Å². The molecule has 2 saturated carbocycles. The normalized spacial score (nSPS) is 18.0. The number of hydrogen-bond donors (Lipinski definition) is 0. The van der Waals surface area contributed by atoms with E-state index in [4.69, 9.17) is 0 Å². The number of benzene rings is 11. The van der Waals surface area contributed by atoms with Crippen molar-refractivity contribution < 1.29 is 0 Å². The molecule has 0 amide bonds. The number of allylic oxidation sites excluding steroid dienone is 3. The Morgan fingerprint density at radius 3 is 1.45 bits per heavy atom. The van der Waals surface area contributed by atoms with Crippen molar-refractivity contribution in [3.8, 4) is 33.4 Å². The molecule has 2 heteroatoms. The van der Waals surface area contributed by atoms with Gasteiger partial charge in [0.25, 0.3) is 0 Å². The lowest BCUT2D eigenvalue weighted by atomic mass is 9.72. The highest BCUT2D eigenvalue weighted by Crippen LogP contribution is 2.60. The Morgan fingerprint density at radius 1 is 0.386 bits per heavy atom. The first-order valence-electron chi connectivity index (χ1n) is 33.3. The van der Waals surface area contributed by atoms with Gasteiger partial charge in [-0.1, -0.05) is 230 Å². The molecule has 0 aromatic heterocycles. The van der Waals surface area contributed by atoms with Gasteiger partial charge in [0, 0.05) is 38.9 Å². The molecule has 16 rings (SSSR count). The Morgan fingerprint density at radius 2 is 0.886 bits per heavy atom. The number of fused-ring (bicyclic) bond motifs is 6. The molecule has 0 bridgehead atoms. The Bertz CT molecular complexity index is 4650. The van der Waals surface area contributed by atoms with Gasteiger partial charge in [0.1, 0.15) is 0 Å². The summed E-state index contributed by atoms with van der Waals surface area (Å²) in [5, 5.41) is 7.67. The maximum absolute atomic E-state index is 2.70. The van der Waals surface area contributed by atoms with Crippen molar-refractivity contribution in [3.63, 3.8) is 0 Å². The van der Waals surface area contributed by atoms with Crippen molar-refractivity contribution >= 4 is 66.3 Å². The molecule has 5 aliphatic rings. The molecule has 0 heterocycles. The molecule has 436 valence electrons. The lowest BCUT2D eigenvalue weighted by Gasteiger charge is -2.37. The monoisotopic (exact) mass is 1140 g/mol. The van der Waals surface area contributed by atoms with E-state index < -0.39 is 0 Å². The molecular weight excluding hydrogens is 1060 g/mol. The van der Waals surface area contributed by atoms with Crippen LogP contribution in [0, 0.1) is 26.7 Å². The Labute approximate surface area is 522 Å². The number of hydrogen-bond acceptors (Lipinski definition) is 2. The van der Waals surface area contributed by atoms with Gasteiger partial charge in [-0.15, -0.1) is 0 Å². The summed E-state index contributed by atoms with van der Waals surface area (Å²) < 4.78 is 0. The second-order valence-corrected chi connectivity index (χ2v) is 28.3. The van der Waals surface area contributed by atoms with Gasteiger partial charge in [-0.25, -0.2) is 0 Å². The highest BCUT2D eigenvalue weighted by atomic mass is 15.2. The molecule has 0 aliphatic heterocycles. The Balaban J connectivity index is 0.932. The van der Waals surface area contributed by atoms with Gasteiger partial charge in [-0.2, -0.15) is 0 Å². The van der Waals surface area contributed by atoms with E-state index in [1.807, 2.05) is 0 Å². The third kappa shape index (κ3) is 8.62. The van der Waals surface area contributed by atoms with Crippen LogP contribution in [0.1, 0.15) is 167 Å². The number of aryl methyl sites for hydroxylation is 3. The van der Waals surface area contributed by atoms with Crippen molar-refractivity contribution in [2.75, 3.05) is 9.80 Å². The van der Waals surface area contributed by atoms with Crippen LogP contribution in [0.4, 0.5) is 28.4 Å². The molecule has 1 atom stereocenters. The summed E-state index contributed by atoms with van der Waals surface area (Å²) in [7, 11) is 0. The van der Waals surface area contributed by atoms with Crippen molar-refractivity contribution in [1.82, 2.24) is 0 Å². The van der Waals surface area contributed by atoms with Crippen molar-refractivity contribution in [1.29, 1.82) is 0 Å². The molecule has 5 aliphatic carbocycles. The van der Waals surface area contributed by atoms with Gasteiger partial charge in [-0.3, -0.25) is 0 Å². The van der Waals surface area contributed by atoms with E-state index in [1.165, 1.54) is 209 Å². The predicted molar refractivity (Wildman–Crippen MR) is 376 cm³/mol. The lowest BCUT2D eigenvalue weighted by Crippen LogP contribution is -2.28. The van der Waals surface area contributed by atoms with Crippen LogP contribution in [0.2, 0.25) is 0 Å². The standard InChI is InChI=1S/C86H82N2/c1-53-35-37-63(57-23-13-9-14-24-57)49-77(53)87(79-51-69-73(47-55(79)3)85(5,6)71-33-21-31-65(83(69)71)59-27-17-11-18-28-59)75-45-41-61-40-44-68-76(46-42-62-39-43-67(75)81(61)82(62)68)88(78-50-64(38-36-54(78)2)58-25-15-10-16-26-58)80-52-70-74(48-56(80)4)86(7,8)72-34-22-32-66(84(70)72)60-29-19-12-20-30-60/h9-10,13-16,21-26,31-47,49-52,59-60,74H,11-12,17-20,27-30,48H2,1-8H3. The SMILES string of the molecule is CC1=C(N(c2cc(-c3ccccc3)ccc2C)c2ccc3ccc4c(N(c5cc(-c6ccccc6)ccc5C)c5cc6c(cc5C)C(C)(C)c5cccc(C7CCCCC7)c5-6)ccc5ccc2c3c54)C=C2c3c(C4CCCCC4)cccc3C(C)(C)C2C1. The lowest BCUT2D eigenvalue weighted by molar-refractivity contribution is 0.406. The third-order valence-electron chi connectivity index (χ3n) is 22.4. The second kappa shape index (κ2) is 21.1. The smallest absolute Gasteiger partial charge is 0.0540 e. The van der Waals surface area contributed by atoms with E-state index in [-0.39, 0.29) is 10.8 Å². The molecule has 88 heavy (non-hydrogen) atoms. The molecule has 2 nitrogen and oxygen atoms in total. The van der Waals surface area contributed by atoms with Crippen LogP contribution >= 0.6 is 0 Å². The van der Waals surface area contributed by atoms with E-state index in [1.54, 1.807) is 16.7 Å². The molecule has 0 spiro atoms. The highest BCUT2D eigenvalue weighted by molar-refractivity contribution is 6.28. The predicted octanol–water partition coefficient (Wildman–Crippen LogP) is 24.5. The van der Waals surface area contributed by atoms with Gasteiger partial charge in [-0.05, 0) is 236 Å². The summed E-state index contributed by atoms with van der Waals surface area (Å²) in [4.78, 5) is 5.35. The zero-order valence-electron chi connectivity index (χ0n) is 53.0. The van der Waals surface area contributed by atoms with E-state index in [0.29, 0.717) is 17.8 Å². The fourth-order valence-corrected chi connectivity index (χ4v) is 17.6. The fourth-order valence-electron chi connectivity index (χ4n) is 17.6. The molecule has 0 radical (unpaired) electrons. The van der Waals surface area contributed by atoms with E-state index in [9.17, 15) is 0 Å². The average molecular weight is 1140 g/mol. The summed E-state index contributed by atoms with van der Waals surface area (Å²) >= 11 is 0. The summed E-state index contributed by atoms with van der Waals surface area (Å²) in [6.45, 7) is 19.4. The summed E-state index contributed by atoms with van der Waals surface area (Å²) in [6, 6.07) is 75.5. The first kappa shape index (κ1) is 54.9. The summed E-state index contributed by atoms with van der Waals surface area (Å²) in [6.07, 6.45) is 16.8. The van der Waals surface area contributed by atoms with Crippen LogP contribution in [-0.2, 0) is 10.8 Å². The minimum absolute atomic E-state index is 0.0178. The molecule has 2 fully saturated rings. The average Bonchev–Trinajstić information content (AvgIpc) is 1.37. The van der Waals surface area contributed by atoms with Crippen LogP contribution in [0.3, 0.4) is 0 Å². The quantitative estimate of drug-likeness (QED) is 0.126. The number of nitrogens with zero attached hydrogens (tertiary/aromatic N) is 2. The Hall–Kier alpha value is -8.46. The van der Waals surface area contributed by atoms with E-state index in [0.717, 1.165) is 6.42 Å². The fraction of sp³-hybridized carbons (Fsp3) is 0.279. The van der Waals surface area contributed by atoms with Crippen molar-refractivity contribution in [2.45, 2.75) is 149 Å². The summed E-state index contributed by atoms with van der Waals surface area (Å²) in [5.41, 5.74) is 31.0. The second-order valence-electron chi connectivity index (χ2n) is 28.3. The van der Waals surface area contributed by atoms with Crippen LogP contribution in [0.25, 0.3) is 71.3 Å². The maximum Gasteiger partial charge on any atom is 0.0540 e. The molecule has 11 aromatic rings. The topological polar surface area (TPSA) is 6.48 Å². The van der Waals surface area contributed by atoms with Crippen molar-refractivity contribution in [3.05, 3.63) is 262 Å². The molecule has 0 saturated heterocycles. The zero-order chi connectivity index (χ0) is 59.7. The molecule has 11 aromatic carbocycles. The van der Waals surface area contributed by atoms with Gasteiger partial charge in [0.2, 0.25) is 0 Å². The number of rotatable bonds is 10. The van der Waals surface area contributed by atoms with Crippen LogP contribution in [-0.4, -0.2) is 0 Å². The van der Waals surface area contributed by atoms with Gasteiger partial charge in [0.15, 0.2) is 0 Å². The zero-order valence-corrected chi connectivity index (χ0v) is 53.0. The summed E-state index contributed by atoms with van der Waals surface area (Å²) in [5.74, 6) is 1.60.